The average molecular weight is 390 g/mol. The topological polar surface area (TPSA) is 57.6 Å². The molecule has 0 radical (unpaired) electrons. The van der Waals surface area contributed by atoms with Gasteiger partial charge in [0.2, 0.25) is 6.54 Å². The zero-order valence-electron chi connectivity index (χ0n) is 12.7. The molecule has 2 aromatic heterocycles. The van der Waals surface area contributed by atoms with Gasteiger partial charge in [0, 0.05) is 29.3 Å². The fourth-order valence-electron chi connectivity index (χ4n) is 2.36. The van der Waals surface area contributed by atoms with Crippen LogP contribution in [0.5, 0.6) is 0 Å². The molecule has 0 spiro atoms. The molecular formula is C17H16BrN3OS. The summed E-state index contributed by atoms with van der Waals surface area (Å²) in [7, 11) is 0. The minimum Gasteiger partial charge on any atom is -1.00 e. The van der Waals surface area contributed by atoms with Crippen LogP contribution in [0.4, 0.5) is 0 Å². The van der Waals surface area contributed by atoms with Crippen molar-refractivity contribution in [1.29, 1.82) is 5.26 Å². The Hall–Kier alpha value is -1.71. The number of Topliss-reactive ketones (excluding diaryl/α,β-unsaturated/α-hetero) is 1. The van der Waals surface area contributed by atoms with Crippen molar-refractivity contribution in [2.75, 3.05) is 6.26 Å². The van der Waals surface area contributed by atoms with Crippen molar-refractivity contribution in [1.82, 2.24) is 4.98 Å². The van der Waals surface area contributed by atoms with Crippen LogP contribution >= 0.6 is 11.8 Å². The number of thioether (sulfide) groups is 1. The number of carbonyl (C=O) groups is 1. The lowest BCUT2D eigenvalue weighted by atomic mass is 10.1. The first-order valence-corrected chi connectivity index (χ1v) is 8.40. The Bertz CT molecular complexity index is 769. The molecule has 1 aliphatic rings. The van der Waals surface area contributed by atoms with Gasteiger partial charge < -0.3 is 17.0 Å². The van der Waals surface area contributed by atoms with E-state index in [0.29, 0.717) is 17.9 Å². The zero-order valence-corrected chi connectivity index (χ0v) is 15.1. The van der Waals surface area contributed by atoms with Crippen LogP contribution in [0.15, 0.2) is 41.8 Å². The van der Waals surface area contributed by atoms with Crippen molar-refractivity contribution in [3.63, 3.8) is 0 Å². The first-order valence-electron chi connectivity index (χ1n) is 7.17. The zero-order chi connectivity index (χ0) is 15.5. The van der Waals surface area contributed by atoms with Crippen LogP contribution in [0, 0.1) is 17.2 Å². The first kappa shape index (κ1) is 17.6. The van der Waals surface area contributed by atoms with Crippen molar-refractivity contribution < 1.29 is 26.3 Å². The van der Waals surface area contributed by atoms with Gasteiger partial charge in [-0.2, -0.15) is 9.83 Å². The fourth-order valence-corrected chi connectivity index (χ4v) is 2.84. The summed E-state index contributed by atoms with van der Waals surface area (Å²) in [5.74, 6) is 0.569. The predicted octanol–water partition coefficient (Wildman–Crippen LogP) is -0.387. The van der Waals surface area contributed by atoms with Gasteiger partial charge in [-0.1, -0.05) is 0 Å². The minimum absolute atomic E-state index is 0. The number of carbonyl (C=O) groups excluding carboxylic acids is 1. The monoisotopic (exact) mass is 389 g/mol. The molecular weight excluding hydrogens is 374 g/mol. The molecule has 0 N–H and O–H groups in total. The second-order valence-corrected chi connectivity index (χ2v) is 6.19. The fraction of sp³-hybridized carbons (Fsp3) is 0.294. The summed E-state index contributed by atoms with van der Waals surface area (Å²) in [4.78, 5) is 16.3. The molecule has 118 valence electrons. The van der Waals surface area contributed by atoms with Gasteiger partial charge in [0.1, 0.15) is 11.1 Å². The van der Waals surface area contributed by atoms with Gasteiger partial charge >= 0.3 is 0 Å². The Morgan fingerprint density at radius 2 is 2.26 bits per heavy atom. The van der Waals surface area contributed by atoms with Gasteiger partial charge in [-0.25, -0.2) is 4.98 Å². The number of hydrogen-bond acceptors (Lipinski definition) is 4. The molecule has 6 heteroatoms. The summed E-state index contributed by atoms with van der Waals surface area (Å²) in [6.45, 7) is 0.417. The summed E-state index contributed by atoms with van der Waals surface area (Å²) in [5, 5.41) is 9.94. The van der Waals surface area contributed by atoms with Crippen molar-refractivity contribution >= 4 is 17.5 Å². The highest BCUT2D eigenvalue weighted by Crippen LogP contribution is 2.29. The first-order chi connectivity index (χ1) is 10.7. The van der Waals surface area contributed by atoms with E-state index in [4.69, 9.17) is 0 Å². The highest BCUT2D eigenvalue weighted by Gasteiger charge is 2.31. The number of hydrogen-bond donors (Lipinski definition) is 0. The molecule has 1 aliphatic carbocycles. The third-order valence-electron chi connectivity index (χ3n) is 3.73. The van der Waals surface area contributed by atoms with E-state index in [1.807, 2.05) is 41.4 Å². The van der Waals surface area contributed by atoms with Gasteiger partial charge in [0.15, 0.2) is 18.2 Å². The molecule has 0 bridgehead atoms. The normalized spacial score (nSPS) is 13.0. The Kier molecular flexibility index (Phi) is 5.91. The maximum atomic E-state index is 11.9. The van der Waals surface area contributed by atoms with E-state index in [9.17, 15) is 10.1 Å². The average Bonchev–Trinajstić information content (AvgIpc) is 3.39. The summed E-state index contributed by atoms with van der Waals surface area (Å²) in [5.41, 5.74) is 2.43. The number of halogens is 1. The van der Waals surface area contributed by atoms with Crippen molar-refractivity contribution in [3.05, 3.63) is 42.4 Å². The number of rotatable bonds is 5. The molecule has 23 heavy (non-hydrogen) atoms. The Morgan fingerprint density at radius 3 is 2.91 bits per heavy atom. The third kappa shape index (κ3) is 4.18. The Balaban J connectivity index is 0.00000192. The van der Waals surface area contributed by atoms with Crippen molar-refractivity contribution in [3.8, 4) is 17.2 Å². The van der Waals surface area contributed by atoms with Crippen LogP contribution in [-0.4, -0.2) is 17.0 Å². The highest BCUT2D eigenvalue weighted by atomic mass is 79.9. The second-order valence-electron chi connectivity index (χ2n) is 5.40. The highest BCUT2D eigenvalue weighted by molar-refractivity contribution is 7.98. The maximum Gasteiger partial charge on any atom is 0.206 e. The lowest BCUT2D eigenvalue weighted by Gasteiger charge is -2.04. The molecule has 2 heterocycles. The molecule has 1 saturated carbocycles. The van der Waals surface area contributed by atoms with Gasteiger partial charge in [0.25, 0.3) is 0 Å². The SMILES string of the molecule is CSc1ncc(-c2ccc[n+](CC(=O)C3CC3)c2)cc1C#N.[Br-]. The van der Waals surface area contributed by atoms with Crippen molar-refractivity contribution in [2.24, 2.45) is 5.92 Å². The molecule has 4 nitrogen and oxygen atoms in total. The van der Waals surface area contributed by atoms with E-state index in [2.05, 4.69) is 11.1 Å². The van der Waals surface area contributed by atoms with Crippen LogP contribution in [0.1, 0.15) is 18.4 Å². The molecule has 0 aliphatic heterocycles. The van der Waals surface area contributed by atoms with E-state index in [1.165, 1.54) is 11.8 Å². The molecule has 0 atom stereocenters. The van der Waals surface area contributed by atoms with E-state index in [-0.39, 0.29) is 22.9 Å². The Morgan fingerprint density at radius 1 is 1.48 bits per heavy atom. The lowest BCUT2D eigenvalue weighted by molar-refractivity contribution is -0.683. The van der Waals surface area contributed by atoms with E-state index >= 15 is 0 Å². The van der Waals surface area contributed by atoms with Crippen LogP contribution < -0.4 is 21.5 Å². The van der Waals surface area contributed by atoms with E-state index in [1.54, 1.807) is 6.20 Å². The van der Waals surface area contributed by atoms with Crippen molar-refractivity contribution in [2.45, 2.75) is 24.4 Å². The number of pyridine rings is 2. The molecule has 1 fully saturated rings. The van der Waals surface area contributed by atoms with Gasteiger partial charge in [0.05, 0.1) is 5.56 Å². The summed E-state index contributed by atoms with van der Waals surface area (Å²) < 4.78 is 1.91. The van der Waals surface area contributed by atoms with Crippen LogP contribution in [0.3, 0.4) is 0 Å². The molecule has 0 saturated heterocycles. The number of nitrogens with zero attached hydrogens (tertiary/aromatic N) is 3. The van der Waals surface area contributed by atoms with Gasteiger partial charge in [-0.15, -0.1) is 11.8 Å². The quantitative estimate of drug-likeness (QED) is 0.516. The molecule has 0 amide bonds. The molecule has 0 unspecified atom stereocenters. The third-order valence-corrected chi connectivity index (χ3v) is 4.44. The maximum absolute atomic E-state index is 11.9. The predicted molar refractivity (Wildman–Crippen MR) is 84.1 cm³/mol. The summed E-state index contributed by atoms with van der Waals surface area (Å²) in [6.07, 6.45) is 9.59. The standard InChI is InChI=1S/C17H16N3OS.BrH/c1-22-17-14(8-18)7-15(9-19-17)13-3-2-6-20(10-13)11-16(21)12-4-5-12;/h2-3,6-7,9-10,12H,4-5,11H2,1H3;1H/q+1;/p-1. The van der Waals surface area contributed by atoms with Gasteiger partial charge in [-0.3, -0.25) is 4.79 Å². The number of aromatic nitrogens is 2. The number of ketones is 1. The van der Waals surface area contributed by atoms with Gasteiger partial charge in [-0.05, 0) is 31.2 Å². The van der Waals surface area contributed by atoms with E-state index in [0.717, 1.165) is 29.0 Å². The summed E-state index contributed by atoms with van der Waals surface area (Å²) >= 11 is 1.46. The minimum atomic E-state index is 0. The molecule has 0 aromatic carbocycles. The summed E-state index contributed by atoms with van der Waals surface area (Å²) in [6, 6.07) is 7.92. The van der Waals surface area contributed by atoms with Crippen LogP contribution in [0.25, 0.3) is 11.1 Å². The van der Waals surface area contributed by atoms with Crippen LogP contribution in [-0.2, 0) is 11.3 Å². The largest absolute Gasteiger partial charge is 1.00 e. The second kappa shape index (κ2) is 7.71. The molecule has 2 aromatic rings. The molecule has 3 rings (SSSR count). The van der Waals surface area contributed by atoms with Crippen LogP contribution in [0.2, 0.25) is 0 Å². The smallest absolute Gasteiger partial charge is 0.206 e. The number of nitriles is 1. The Labute approximate surface area is 150 Å². The van der Waals surface area contributed by atoms with E-state index < -0.39 is 0 Å². The lowest BCUT2D eigenvalue weighted by Crippen LogP contribution is -3.00.